The molecule has 1 aromatic heterocycles. The minimum atomic E-state index is 0.0705. The Morgan fingerprint density at radius 3 is 2.86 bits per heavy atom. The lowest BCUT2D eigenvalue weighted by atomic mass is 10.1. The Kier molecular flexibility index (Phi) is 3.92. The number of tetrazole rings is 1. The highest BCUT2D eigenvalue weighted by molar-refractivity contribution is 7.99. The maximum absolute atomic E-state index is 7.73. The zero-order valence-electron chi connectivity index (χ0n) is 11.9. The summed E-state index contributed by atoms with van der Waals surface area (Å²) in [6, 6.07) is 6.18. The molecule has 0 aliphatic heterocycles. The third-order valence-electron chi connectivity index (χ3n) is 3.83. The van der Waals surface area contributed by atoms with E-state index in [1.165, 1.54) is 24.6 Å². The van der Waals surface area contributed by atoms with Gasteiger partial charge in [-0.05, 0) is 47.5 Å². The van der Waals surface area contributed by atoms with Gasteiger partial charge in [0.15, 0.2) is 0 Å². The van der Waals surface area contributed by atoms with Gasteiger partial charge in [-0.2, -0.15) is 0 Å². The Labute approximate surface area is 127 Å². The van der Waals surface area contributed by atoms with Crippen molar-refractivity contribution in [2.75, 3.05) is 0 Å². The highest BCUT2D eigenvalue weighted by atomic mass is 32.2. The lowest BCUT2D eigenvalue weighted by Crippen LogP contribution is -2.13. The topological polar surface area (TPSA) is 93.5 Å². The van der Waals surface area contributed by atoms with Gasteiger partial charge in [0.05, 0.1) is 6.04 Å². The minimum absolute atomic E-state index is 0.0705. The van der Waals surface area contributed by atoms with Crippen LogP contribution >= 0.6 is 11.8 Å². The molecule has 6 nitrogen and oxygen atoms in total. The number of hydrogen-bond acceptors (Lipinski definition) is 5. The van der Waals surface area contributed by atoms with E-state index >= 15 is 0 Å². The molecule has 0 unspecified atom stereocenters. The molecule has 1 heterocycles. The second-order valence-corrected chi connectivity index (χ2v) is 6.29. The maximum Gasteiger partial charge on any atom is 0.214 e. The smallest absolute Gasteiger partial charge is 0.214 e. The van der Waals surface area contributed by atoms with Crippen molar-refractivity contribution in [1.29, 1.82) is 5.41 Å². The normalized spacial score (nSPS) is 15.5. The molecule has 110 valence electrons. The zero-order valence-corrected chi connectivity index (χ0v) is 12.7. The van der Waals surface area contributed by atoms with E-state index in [0.29, 0.717) is 6.04 Å². The van der Waals surface area contributed by atoms with Crippen molar-refractivity contribution in [3.8, 4) is 0 Å². The van der Waals surface area contributed by atoms with Gasteiger partial charge in [-0.15, -0.1) is 5.10 Å². The number of aromatic nitrogens is 4. The first-order valence-electron chi connectivity index (χ1n) is 7.06. The van der Waals surface area contributed by atoms with Crippen LogP contribution in [0.2, 0.25) is 0 Å². The molecule has 1 saturated carbocycles. The summed E-state index contributed by atoms with van der Waals surface area (Å²) in [6.45, 7) is 2.01. The number of rotatable bonds is 4. The summed E-state index contributed by atoms with van der Waals surface area (Å²) in [5.74, 6) is 0.0705. The molecule has 2 aromatic rings. The molecule has 0 atom stereocenters. The second-order valence-electron chi connectivity index (χ2n) is 5.31. The molecule has 3 N–H and O–H groups in total. The van der Waals surface area contributed by atoms with Gasteiger partial charge in [-0.25, -0.2) is 4.68 Å². The van der Waals surface area contributed by atoms with Crippen LogP contribution in [0.25, 0.3) is 0 Å². The predicted octanol–water partition coefficient (Wildman–Crippen LogP) is 2.53. The molecule has 1 fully saturated rings. The molecule has 0 amide bonds. The van der Waals surface area contributed by atoms with Crippen LogP contribution in [0.5, 0.6) is 0 Å². The van der Waals surface area contributed by atoms with Crippen LogP contribution in [0.4, 0.5) is 0 Å². The first-order valence-corrected chi connectivity index (χ1v) is 7.88. The van der Waals surface area contributed by atoms with Crippen molar-refractivity contribution < 1.29 is 0 Å². The highest BCUT2D eigenvalue weighted by Gasteiger charge is 2.23. The summed E-state index contributed by atoms with van der Waals surface area (Å²) in [7, 11) is 0. The molecule has 1 aliphatic carbocycles. The molecule has 21 heavy (non-hydrogen) atoms. The van der Waals surface area contributed by atoms with Crippen LogP contribution in [0.15, 0.2) is 28.3 Å². The molecule has 0 radical (unpaired) electrons. The van der Waals surface area contributed by atoms with E-state index in [0.717, 1.165) is 34.0 Å². The summed E-state index contributed by atoms with van der Waals surface area (Å²) in [4.78, 5) is 0.957. The largest absolute Gasteiger partial charge is 0.384 e. The van der Waals surface area contributed by atoms with Gasteiger partial charge in [0.2, 0.25) is 5.16 Å². The van der Waals surface area contributed by atoms with E-state index in [1.807, 2.05) is 29.8 Å². The van der Waals surface area contributed by atoms with Gasteiger partial charge >= 0.3 is 0 Å². The van der Waals surface area contributed by atoms with Crippen molar-refractivity contribution in [2.45, 2.75) is 48.7 Å². The third-order valence-corrected chi connectivity index (χ3v) is 5.03. The number of hydrogen-bond donors (Lipinski definition) is 2. The molecule has 1 aromatic carbocycles. The van der Waals surface area contributed by atoms with Crippen LogP contribution in [-0.4, -0.2) is 26.0 Å². The predicted molar refractivity (Wildman–Crippen MR) is 81.6 cm³/mol. The van der Waals surface area contributed by atoms with E-state index in [9.17, 15) is 0 Å². The van der Waals surface area contributed by atoms with Crippen LogP contribution in [0, 0.1) is 12.3 Å². The van der Waals surface area contributed by atoms with E-state index in [-0.39, 0.29) is 5.84 Å². The number of benzene rings is 1. The van der Waals surface area contributed by atoms with Gasteiger partial charge in [-0.1, -0.05) is 31.0 Å². The number of aryl methyl sites for hydroxylation is 1. The van der Waals surface area contributed by atoms with Gasteiger partial charge in [-0.3, -0.25) is 5.41 Å². The molecular formula is C14H18N6S. The summed E-state index contributed by atoms with van der Waals surface area (Å²) in [6.07, 6.45) is 4.73. The molecular weight excluding hydrogens is 284 g/mol. The van der Waals surface area contributed by atoms with Crippen LogP contribution in [0.1, 0.15) is 42.9 Å². The molecule has 0 saturated heterocycles. The average molecular weight is 302 g/mol. The van der Waals surface area contributed by atoms with E-state index in [1.54, 1.807) is 0 Å². The van der Waals surface area contributed by atoms with Crippen molar-refractivity contribution >= 4 is 17.6 Å². The molecule has 1 aliphatic rings. The Hall–Kier alpha value is -1.89. The molecule has 7 heteroatoms. The van der Waals surface area contributed by atoms with Gasteiger partial charge in [0.25, 0.3) is 0 Å². The number of nitrogens with two attached hydrogens (primary N) is 1. The molecule has 0 spiro atoms. The zero-order chi connectivity index (χ0) is 14.8. The fraction of sp³-hybridized carbons (Fsp3) is 0.429. The van der Waals surface area contributed by atoms with Crippen molar-refractivity contribution in [1.82, 2.24) is 20.2 Å². The quantitative estimate of drug-likeness (QED) is 0.668. The Morgan fingerprint density at radius 1 is 1.38 bits per heavy atom. The van der Waals surface area contributed by atoms with Gasteiger partial charge in [0.1, 0.15) is 5.84 Å². The lowest BCUT2D eigenvalue weighted by Gasteiger charge is -2.13. The number of nitrogens with one attached hydrogen (secondary N) is 1. The van der Waals surface area contributed by atoms with Gasteiger partial charge in [0, 0.05) is 10.5 Å². The van der Waals surface area contributed by atoms with Crippen molar-refractivity contribution in [3.05, 3.63) is 29.3 Å². The third kappa shape index (κ3) is 2.78. The van der Waals surface area contributed by atoms with E-state index < -0.39 is 0 Å². The fourth-order valence-electron chi connectivity index (χ4n) is 2.72. The Balaban J connectivity index is 1.94. The first-order chi connectivity index (χ1) is 10.2. The van der Waals surface area contributed by atoms with Crippen molar-refractivity contribution in [2.24, 2.45) is 5.73 Å². The Bertz CT molecular complexity index is 659. The lowest BCUT2D eigenvalue weighted by molar-refractivity contribution is 0.423. The van der Waals surface area contributed by atoms with Crippen LogP contribution in [-0.2, 0) is 0 Å². The fourth-order valence-corrected chi connectivity index (χ4v) is 3.78. The summed E-state index contributed by atoms with van der Waals surface area (Å²) >= 11 is 1.50. The van der Waals surface area contributed by atoms with Crippen molar-refractivity contribution in [3.63, 3.8) is 0 Å². The van der Waals surface area contributed by atoms with Crippen LogP contribution < -0.4 is 5.73 Å². The minimum Gasteiger partial charge on any atom is -0.384 e. The maximum atomic E-state index is 7.73. The van der Waals surface area contributed by atoms with Crippen LogP contribution in [0.3, 0.4) is 0 Å². The highest BCUT2D eigenvalue weighted by Crippen LogP contribution is 2.36. The second kappa shape index (κ2) is 5.85. The number of nitrogen functional groups attached to an aromatic ring is 1. The van der Waals surface area contributed by atoms with E-state index in [2.05, 4.69) is 15.5 Å². The first kappa shape index (κ1) is 14.1. The Morgan fingerprint density at radius 2 is 2.14 bits per heavy atom. The van der Waals surface area contributed by atoms with E-state index in [4.69, 9.17) is 11.1 Å². The SMILES string of the molecule is Cc1cccc(C(=N)N)c1Sc1nnnn1C1CCCC1. The molecule has 0 bridgehead atoms. The number of nitrogens with zero attached hydrogens (tertiary/aromatic N) is 4. The standard InChI is InChI=1S/C14H18N6S/c1-9-5-4-8-11(13(15)16)12(9)21-14-17-18-19-20(14)10-6-2-3-7-10/h4-5,8,10H,2-3,6-7H2,1H3,(H3,15,16). The summed E-state index contributed by atoms with van der Waals surface area (Å²) in [5.41, 5.74) is 7.50. The molecule has 3 rings (SSSR count). The summed E-state index contributed by atoms with van der Waals surface area (Å²) in [5, 5.41) is 20.6. The number of amidine groups is 1. The summed E-state index contributed by atoms with van der Waals surface area (Å²) < 4.78 is 1.92. The van der Waals surface area contributed by atoms with Gasteiger partial charge < -0.3 is 5.73 Å². The monoisotopic (exact) mass is 302 g/mol. The average Bonchev–Trinajstić information content (AvgIpc) is 3.11.